The van der Waals surface area contributed by atoms with Crippen LogP contribution in [0.4, 0.5) is 5.69 Å². The molecule has 16 heavy (non-hydrogen) atoms. The maximum atomic E-state index is 4.57. The number of hydrogen-bond donors (Lipinski definition) is 0. The minimum atomic E-state index is 1.07. The van der Waals surface area contributed by atoms with E-state index in [1.807, 2.05) is 6.92 Å². The van der Waals surface area contributed by atoms with Crippen molar-refractivity contribution in [3.05, 3.63) is 35.5 Å². The zero-order valence-corrected chi connectivity index (χ0v) is 10.4. The van der Waals surface area contributed by atoms with Crippen LogP contribution in [0.3, 0.4) is 0 Å². The van der Waals surface area contributed by atoms with Crippen molar-refractivity contribution in [2.75, 3.05) is 19.0 Å². The molecule has 0 saturated heterocycles. The maximum absolute atomic E-state index is 4.57. The summed E-state index contributed by atoms with van der Waals surface area (Å²) in [7, 11) is 4.15. The van der Waals surface area contributed by atoms with Crippen LogP contribution in [0.15, 0.2) is 24.3 Å². The van der Waals surface area contributed by atoms with Gasteiger partial charge < -0.3 is 4.90 Å². The lowest BCUT2D eigenvalue weighted by molar-refractivity contribution is 1.11. The Hall–Kier alpha value is -1.57. The highest BCUT2D eigenvalue weighted by molar-refractivity contribution is 5.92. The molecule has 0 radical (unpaired) electrons. The quantitative estimate of drug-likeness (QED) is 0.763. The Kier molecular flexibility index (Phi) is 2.82. The summed E-state index contributed by atoms with van der Waals surface area (Å²) in [6.45, 7) is 4.22. The summed E-state index contributed by atoms with van der Waals surface area (Å²) in [5, 5.41) is 1.25. The van der Waals surface area contributed by atoms with Crippen molar-refractivity contribution in [1.29, 1.82) is 0 Å². The second-order valence-electron chi connectivity index (χ2n) is 4.38. The van der Waals surface area contributed by atoms with E-state index in [0.29, 0.717) is 0 Å². The SMILES string of the molecule is CCc1ccc2nc(C)cc(N(C)C)c2c1. The maximum Gasteiger partial charge on any atom is 0.0726 e. The van der Waals surface area contributed by atoms with Gasteiger partial charge in [0.15, 0.2) is 0 Å². The number of fused-ring (bicyclic) bond motifs is 1. The van der Waals surface area contributed by atoms with Crippen molar-refractivity contribution in [3.8, 4) is 0 Å². The average Bonchev–Trinajstić information content (AvgIpc) is 2.27. The van der Waals surface area contributed by atoms with Crippen LogP contribution in [0.1, 0.15) is 18.2 Å². The van der Waals surface area contributed by atoms with Gasteiger partial charge in [-0.05, 0) is 37.1 Å². The van der Waals surface area contributed by atoms with E-state index < -0.39 is 0 Å². The third-order valence-electron chi connectivity index (χ3n) is 2.87. The molecule has 1 heterocycles. The largest absolute Gasteiger partial charge is 0.377 e. The zero-order valence-electron chi connectivity index (χ0n) is 10.4. The lowest BCUT2D eigenvalue weighted by atomic mass is 10.1. The van der Waals surface area contributed by atoms with Gasteiger partial charge in [0.1, 0.15) is 0 Å². The third-order valence-corrected chi connectivity index (χ3v) is 2.87. The van der Waals surface area contributed by atoms with Gasteiger partial charge in [-0.3, -0.25) is 4.98 Å². The van der Waals surface area contributed by atoms with Gasteiger partial charge in [-0.1, -0.05) is 13.0 Å². The van der Waals surface area contributed by atoms with Gasteiger partial charge >= 0.3 is 0 Å². The Morgan fingerprint density at radius 2 is 1.94 bits per heavy atom. The molecule has 0 aliphatic carbocycles. The molecule has 0 aliphatic heterocycles. The van der Waals surface area contributed by atoms with Gasteiger partial charge in [-0.15, -0.1) is 0 Å². The van der Waals surface area contributed by atoms with Gasteiger partial charge in [0, 0.05) is 30.9 Å². The molecule has 0 bridgehead atoms. The number of hydrogen-bond acceptors (Lipinski definition) is 2. The first-order valence-electron chi connectivity index (χ1n) is 5.69. The average molecular weight is 214 g/mol. The van der Waals surface area contributed by atoms with E-state index in [2.05, 4.69) is 55.2 Å². The molecule has 0 spiro atoms. The van der Waals surface area contributed by atoms with E-state index in [0.717, 1.165) is 17.6 Å². The minimum absolute atomic E-state index is 1.07. The van der Waals surface area contributed by atoms with Crippen molar-refractivity contribution < 1.29 is 0 Å². The van der Waals surface area contributed by atoms with Crippen molar-refractivity contribution in [2.24, 2.45) is 0 Å². The molecular weight excluding hydrogens is 196 g/mol. The molecule has 2 rings (SSSR count). The highest BCUT2D eigenvalue weighted by atomic mass is 15.1. The zero-order chi connectivity index (χ0) is 11.7. The third kappa shape index (κ3) is 1.87. The highest BCUT2D eigenvalue weighted by Crippen LogP contribution is 2.26. The van der Waals surface area contributed by atoms with Crippen molar-refractivity contribution in [1.82, 2.24) is 4.98 Å². The van der Waals surface area contributed by atoms with Crippen LogP contribution in [-0.2, 0) is 6.42 Å². The van der Waals surface area contributed by atoms with Gasteiger partial charge in [-0.2, -0.15) is 0 Å². The van der Waals surface area contributed by atoms with Crippen LogP contribution in [0.2, 0.25) is 0 Å². The Morgan fingerprint density at radius 3 is 2.56 bits per heavy atom. The van der Waals surface area contributed by atoms with Crippen LogP contribution in [-0.4, -0.2) is 19.1 Å². The second-order valence-corrected chi connectivity index (χ2v) is 4.38. The number of pyridine rings is 1. The molecule has 0 aliphatic rings. The summed E-state index contributed by atoms with van der Waals surface area (Å²) in [4.78, 5) is 6.72. The van der Waals surface area contributed by atoms with Gasteiger partial charge in [-0.25, -0.2) is 0 Å². The summed E-state index contributed by atoms with van der Waals surface area (Å²) >= 11 is 0. The molecule has 0 unspecified atom stereocenters. The fourth-order valence-electron chi connectivity index (χ4n) is 1.97. The molecule has 1 aromatic carbocycles. The summed E-state index contributed by atoms with van der Waals surface area (Å²) in [5.41, 5.74) is 4.76. The second kappa shape index (κ2) is 4.12. The van der Waals surface area contributed by atoms with E-state index in [1.165, 1.54) is 16.6 Å². The molecule has 0 fully saturated rings. The minimum Gasteiger partial charge on any atom is -0.377 e. The predicted molar refractivity (Wildman–Crippen MR) is 70.2 cm³/mol. The Morgan fingerprint density at radius 1 is 1.19 bits per heavy atom. The number of aromatic nitrogens is 1. The first kappa shape index (κ1) is 10.9. The standard InChI is InChI=1S/C14H18N2/c1-5-11-6-7-13-12(9-11)14(16(3)4)8-10(2)15-13/h6-9H,5H2,1-4H3. The van der Waals surface area contributed by atoms with Gasteiger partial charge in [0.2, 0.25) is 0 Å². The lowest BCUT2D eigenvalue weighted by Gasteiger charge is -2.16. The van der Waals surface area contributed by atoms with Crippen molar-refractivity contribution in [3.63, 3.8) is 0 Å². The van der Waals surface area contributed by atoms with E-state index >= 15 is 0 Å². The molecular formula is C14H18N2. The fourth-order valence-corrected chi connectivity index (χ4v) is 1.97. The molecule has 2 aromatic rings. The molecule has 1 aromatic heterocycles. The van der Waals surface area contributed by atoms with E-state index in [1.54, 1.807) is 0 Å². The van der Waals surface area contributed by atoms with Crippen LogP contribution in [0.25, 0.3) is 10.9 Å². The molecule has 0 N–H and O–H groups in total. The van der Waals surface area contributed by atoms with E-state index in [9.17, 15) is 0 Å². The smallest absolute Gasteiger partial charge is 0.0726 e. The summed E-state index contributed by atoms with van der Waals surface area (Å²) in [6, 6.07) is 8.67. The molecule has 84 valence electrons. The number of anilines is 1. The van der Waals surface area contributed by atoms with Crippen LogP contribution < -0.4 is 4.90 Å². The summed E-state index contributed by atoms with van der Waals surface area (Å²) in [6.07, 6.45) is 1.07. The van der Waals surface area contributed by atoms with Crippen LogP contribution in [0, 0.1) is 6.92 Å². The lowest BCUT2D eigenvalue weighted by Crippen LogP contribution is -2.10. The van der Waals surface area contributed by atoms with Crippen molar-refractivity contribution >= 4 is 16.6 Å². The van der Waals surface area contributed by atoms with Gasteiger partial charge in [0.05, 0.1) is 5.52 Å². The Balaban J connectivity index is 2.75. The fraction of sp³-hybridized carbons (Fsp3) is 0.357. The van der Waals surface area contributed by atoms with Crippen molar-refractivity contribution in [2.45, 2.75) is 20.3 Å². The normalized spacial score (nSPS) is 10.8. The molecule has 0 saturated carbocycles. The first-order chi connectivity index (χ1) is 7.61. The Bertz CT molecular complexity index is 515. The van der Waals surface area contributed by atoms with Gasteiger partial charge in [0.25, 0.3) is 0 Å². The number of aryl methyl sites for hydroxylation is 2. The number of benzene rings is 1. The summed E-state index contributed by atoms with van der Waals surface area (Å²) in [5.74, 6) is 0. The Labute approximate surface area is 96.9 Å². The molecule has 0 amide bonds. The van der Waals surface area contributed by atoms with E-state index in [4.69, 9.17) is 0 Å². The van der Waals surface area contributed by atoms with E-state index in [-0.39, 0.29) is 0 Å². The first-order valence-corrected chi connectivity index (χ1v) is 5.69. The number of nitrogens with zero attached hydrogens (tertiary/aromatic N) is 2. The monoisotopic (exact) mass is 214 g/mol. The number of rotatable bonds is 2. The highest BCUT2D eigenvalue weighted by Gasteiger charge is 2.06. The molecule has 2 heteroatoms. The molecule has 0 atom stereocenters. The van der Waals surface area contributed by atoms with Crippen LogP contribution in [0.5, 0.6) is 0 Å². The predicted octanol–water partition coefficient (Wildman–Crippen LogP) is 3.17. The molecule has 2 nitrogen and oxygen atoms in total. The summed E-state index contributed by atoms with van der Waals surface area (Å²) < 4.78 is 0. The topological polar surface area (TPSA) is 16.1 Å². The van der Waals surface area contributed by atoms with Crippen LogP contribution >= 0.6 is 0 Å².